The fourth-order valence-electron chi connectivity index (χ4n) is 2.33. The van der Waals surface area contributed by atoms with Crippen molar-refractivity contribution in [1.82, 2.24) is 5.01 Å². The van der Waals surface area contributed by atoms with Crippen molar-refractivity contribution in [2.24, 2.45) is 28.1 Å². The maximum Gasteiger partial charge on any atom is 0.204 e. The Morgan fingerprint density at radius 1 is 1.25 bits per heavy atom. The molecule has 2 N–H and O–H groups in total. The first kappa shape index (κ1) is 15.5. The summed E-state index contributed by atoms with van der Waals surface area (Å²) in [5, 5.41) is 33.9. The maximum absolute atomic E-state index is 9.46. The smallest absolute Gasteiger partial charge is 0.204 e. The van der Waals surface area contributed by atoms with Crippen LogP contribution in [0.5, 0.6) is 0 Å². The largest absolute Gasteiger partial charge is 0.383 e. The quantitative estimate of drug-likeness (QED) is 0.784. The third kappa shape index (κ3) is 2.19. The lowest BCUT2D eigenvalue weighted by Gasteiger charge is -2.31. The molecule has 0 aromatic rings. The molecule has 0 aromatic heterocycles. The highest BCUT2D eigenvalue weighted by molar-refractivity contribution is 5.60. The number of hydrazone groups is 1. The van der Waals surface area contributed by atoms with E-state index < -0.39 is 11.5 Å². The molecule has 20 heavy (non-hydrogen) atoms. The SMILES string of the molecule is CC(C)C=NN1C(N)=C(C#N)C(C#N)(C#N)C1C(C)C. The van der Waals surface area contributed by atoms with Crippen LogP contribution in [-0.2, 0) is 0 Å². The summed E-state index contributed by atoms with van der Waals surface area (Å²) in [5.41, 5.74) is 4.36. The number of hydrogen-bond donors (Lipinski definition) is 1. The molecule has 1 aliphatic rings. The minimum Gasteiger partial charge on any atom is -0.383 e. The number of nitrogens with two attached hydrogens (primary N) is 1. The van der Waals surface area contributed by atoms with Gasteiger partial charge in [-0.15, -0.1) is 0 Å². The number of nitriles is 3. The predicted octanol–water partition coefficient (Wildman–Crippen LogP) is 1.70. The second-order valence-electron chi connectivity index (χ2n) is 5.45. The maximum atomic E-state index is 9.46. The van der Waals surface area contributed by atoms with Crippen LogP contribution in [0.4, 0.5) is 0 Å². The highest BCUT2D eigenvalue weighted by atomic mass is 15.5. The molecule has 0 amide bonds. The standard InChI is InChI=1S/C14H18N6/c1-9(2)6-19-20-12(10(3)4)14(7-16,8-17)11(5-15)13(20)18/h6,9-10,12H,18H2,1-4H3. The average molecular weight is 270 g/mol. The summed E-state index contributed by atoms with van der Waals surface area (Å²) in [6.45, 7) is 7.66. The molecule has 1 atom stereocenters. The van der Waals surface area contributed by atoms with Gasteiger partial charge in [-0.2, -0.15) is 20.9 Å². The molecule has 0 saturated carbocycles. The van der Waals surface area contributed by atoms with E-state index in [-0.39, 0.29) is 23.2 Å². The van der Waals surface area contributed by atoms with Crippen molar-refractivity contribution in [3.63, 3.8) is 0 Å². The fraction of sp³-hybridized carbons (Fsp3) is 0.571. The van der Waals surface area contributed by atoms with E-state index in [2.05, 4.69) is 5.10 Å². The highest BCUT2D eigenvalue weighted by Crippen LogP contribution is 2.45. The van der Waals surface area contributed by atoms with Crippen molar-refractivity contribution in [2.45, 2.75) is 33.7 Å². The number of rotatable bonds is 3. The van der Waals surface area contributed by atoms with Gasteiger partial charge < -0.3 is 5.73 Å². The minimum atomic E-state index is -1.57. The summed E-state index contributed by atoms with van der Waals surface area (Å²) in [6.07, 6.45) is 1.68. The van der Waals surface area contributed by atoms with E-state index in [9.17, 15) is 15.8 Å². The zero-order chi connectivity index (χ0) is 15.5. The zero-order valence-corrected chi connectivity index (χ0v) is 12.1. The molecule has 0 radical (unpaired) electrons. The molecule has 1 aliphatic heterocycles. The highest BCUT2D eigenvalue weighted by Gasteiger charge is 2.56. The van der Waals surface area contributed by atoms with Crippen LogP contribution >= 0.6 is 0 Å². The normalized spacial score (nSPS) is 21.4. The van der Waals surface area contributed by atoms with Gasteiger partial charge in [-0.25, -0.2) is 5.01 Å². The van der Waals surface area contributed by atoms with Gasteiger partial charge in [0.05, 0.1) is 18.2 Å². The first-order valence-electron chi connectivity index (χ1n) is 6.41. The summed E-state index contributed by atoms with van der Waals surface area (Å²) in [7, 11) is 0. The van der Waals surface area contributed by atoms with Gasteiger partial charge in [0.2, 0.25) is 5.41 Å². The molecular formula is C14H18N6. The topological polar surface area (TPSA) is 113 Å². The van der Waals surface area contributed by atoms with Crippen LogP contribution in [0.25, 0.3) is 0 Å². The summed E-state index contributed by atoms with van der Waals surface area (Å²) in [6, 6.07) is 5.28. The molecule has 0 bridgehead atoms. The van der Waals surface area contributed by atoms with E-state index in [1.807, 2.05) is 45.9 Å². The van der Waals surface area contributed by atoms with E-state index in [4.69, 9.17) is 5.73 Å². The molecule has 0 saturated heterocycles. The molecule has 1 rings (SSSR count). The molecular weight excluding hydrogens is 252 g/mol. The lowest BCUT2D eigenvalue weighted by atomic mass is 9.75. The molecule has 1 unspecified atom stereocenters. The van der Waals surface area contributed by atoms with Gasteiger partial charge in [0, 0.05) is 6.21 Å². The van der Waals surface area contributed by atoms with E-state index in [1.165, 1.54) is 5.01 Å². The van der Waals surface area contributed by atoms with Crippen molar-refractivity contribution in [3.05, 3.63) is 11.4 Å². The third-order valence-corrected chi connectivity index (χ3v) is 3.19. The number of hydrogen-bond acceptors (Lipinski definition) is 6. The van der Waals surface area contributed by atoms with Crippen LogP contribution in [0.1, 0.15) is 27.7 Å². The Hall–Kier alpha value is -2.52. The molecule has 0 aromatic carbocycles. The van der Waals surface area contributed by atoms with E-state index in [1.54, 1.807) is 6.21 Å². The first-order valence-corrected chi connectivity index (χ1v) is 6.41. The lowest BCUT2D eigenvalue weighted by Crippen LogP contribution is -2.42. The second-order valence-corrected chi connectivity index (χ2v) is 5.45. The van der Waals surface area contributed by atoms with Gasteiger partial charge in [0.1, 0.15) is 17.5 Å². The van der Waals surface area contributed by atoms with E-state index >= 15 is 0 Å². The monoisotopic (exact) mass is 270 g/mol. The molecule has 1 heterocycles. The van der Waals surface area contributed by atoms with Gasteiger partial charge in [-0.3, -0.25) is 0 Å². The Kier molecular flexibility index (Phi) is 4.38. The third-order valence-electron chi connectivity index (χ3n) is 3.19. The zero-order valence-electron chi connectivity index (χ0n) is 12.1. The van der Waals surface area contributed by atoms with Gasteiger partial charge in [0.25, 0.3) is 0 Å². The van der Waals surface area contributed by atoms with Gasteiger partial charge in [-0.05, 0) is 11.8 Å². The molecule has 6 nitrogen and oxygen atoms in total. The van der Waals surface area contributed by atoms with Gasteiger partial charge in [0.15, 0.2) is 0 Å². The molecule has 0 fully saturated rings. The van der Waals surface area contributed by atoms with Crippen LogP contribution in [-0.4, -0.2) is 17.3 Å². The van der Waals surface area contributed by atoms with Crippen molar-refractivity contribution >= 4 is 6.21 Å². The van der Waals surface area contributed by atoms with Crippen LogP contribution in [0, 0.1) is 51.2 Å². The van der Waals surface area contributed by atoms with Gasteiger partial charge in [-0.1, -0.05) is 27.7 Å². The first-order chi connectivity index (χ1) is 9.35. The molecule has 104 valence electrons. The minimum absolute atomic E-state index is 0.0119. The summed E-state index contributed by atoms with van der Waals surface area (Å²) >= 11 is 0. The van der Waals surface area contributed by atoms with E-state index in [0.29, 0.717) is 0 Å². The van der Waals surface area contributed by atoms with Crippen LogP contribution < -0.4 is 5.73 Å². The van der Waals surface area contributed by atoms with Crippen molar-refractivity contribution < 1.29 is 0 Å². The summed E-state index contributed by atoms with van der Waals surface area (Å²) in [4.78, 5) is 0. The molecule has 6 heteroatoms. The van der Waals surface area contributed by atoms with Crippen molar-refractivity contribution in [3.8, 4) is 18.2 Å². The van der Waals surface area contributed by atoms with Crippen molar-refractivity contribution in [2.75, 3.05) is 0 Å². The Bertz CT molecular complexity index is 550. The average Bonchev–Trinajstić information content (AvgIpc) is 2.64. The predicted molar refractivity (Wildman–Crippen MR) is 74.3 cm³/mol. The Morgan fingerprint density at radius 3 is 2.15 bits per heavy atom. The number of nitrogens with zero attached hydrogens (tertiary/aromatic N) is 5. The van der Waals surface area contributed by atoms with Crippen LogP contribution in [0.15, 0.2) is 16.5 Å². The van der Waals surface area contributed by atoms with Gasteiger partial charge >= 0.3 is 0 Å². The summed E-state index contributed by atoms with van der Waals surface area (Å²) < 4.78 is 0. The van der Waals surface area contributed by atoms with Crippen LogP contribution in [0.2, 0.25) is 0 Å². The van der Waals surface area contributed by atoms with Crippen LogP contribution in [0.3, 0.4) is 0 Å². The summed E-state index contributed by atoms with van der Waals surface area (Å²) in [5.74, 6) is 0.217. The Morgan fingerprint density at radius 2 is 1.80 bits per heavy atom. The molecule has 0 aliphatic carbocycles. The van der Waals surface area contributed by atoms with Crippen molar-refractivity contribution in [1.29, 1.82) is 15.8 Å². The lowest BCUT2D eigenvalue weighted by molar-refractivity contribution is 0.182. The Balaban J connectivity index is 3.48. The second kappa shape index (κ2) is 5.63. The van der Waals surface area contributed by atoms with E-state index in [0.717, 1.165) is 0 Å². The fourth-order valence-corrected chi connectivity index (χ4v) is 2.33. The molecule has 0 spiro atoms. The Labute approximate surface area is 119 Å².